The molecule has 2 aliphatic carbocycles. The highest BCUT2D eigenvalue weighted by Crippen LogP contribution is 2.48. The largest absolute Gasteiger partial charge is 0.465 e. The zero-order valence-electron chi connectivity index (χ0n) is 18.4. The van der Waals surface area contributed by atoms with E-state index < -0.39 is 6.10 Å². The van der Waals surface area contributed by atoms with Gasteiger partial charge in [0, 0.05) is 16.7 Å². The molecule has 5 atom stereocenters. The Kier molecular flexibility index (Phi) is 8.37. The molecule has 0 bridgehead atoms. The minimum Gasteiger partial charge on any atom is -0.465 e. The molecule has 3 unspecified atom stereocenters. The number of aliphatic hydroxyl groups excluding tert-OH is 2. The van der Waals surface area contributed by atoms with Crippen LogP contribution in [0.15, 0.2) is 49.1 Å². The molecule has 31 heavy (non-hydrogen) atoms. The quantitative estimate of drug-likeness (QED) is 0.299. The molecule has 2 N–H and O–H groups in total. The lowest BCUT2D eigenvalue weighted by molar-refractivity contribution is -0.0304. The summed E-state index contributed by atoms with van der Waals surface area (Å²) >= 11 is 6.59. The lowest BCUT2D eigenvalue weighted by atomic mass is 9.62. The fraction of sp³-hybridized carbons (Fsp3) is 0.577. The molecule has 0 heterocycles. The number of ether oxygens (including phenoxy) is 1. The molecule has 0 saturated heterocycles. The fourth-order valence-electron chi connectivity index (χ4n) is 5.20. The van der Waals surface area contributed by atoms with Gasteiger partial charge in [-0.15, -0.1) is 18.2 Å². The van der Waals surface area contributed by atoms with Crippen LogP contribution in [0.2, 0.25) is 0 Å². The molecule has 2 aliphatic rings. The van der Waals surface area contributed by atoms with Crippen LogP contribution in [0.1, 0.15) is 60.9 Å². The third kappa shape index (κ3) is 5.60. The number of rotatable bonds is 10. The monoisotopic (exact) mass is 446 g/mol. The molecule has 0 amide bonds. The van der Waals surface area contributed by atoms with Crippen molar-refractivity contribution in [1.82, 2.24) is 0 Å². The summed E-state index contributed by atoms with van der Waals surface area (Å²) in [7, 11) is 1.38. The Bertz CT molecular complexity index is 768. The number of hydrogen-bond acceptors (Lipinski definition) is 4. The van der Waals surface area contributed by atoms with Crippen molar-refractivity contribution in [3.8, 4) is 0 Å². The summed E-state index contributed by atoms with van der Waals surface area (Å²) in [5, 5.41) is 21.2. The van der Waals surface area contributed by atoms with Crippen LogP contribution in [-0.2, 0) is 11.2 Å². The lowest BCUT2D eigenvalue weighted by Gasteiger charge is -2.45. The van der Waals surface area contributed by atoms with E-state index in [-0.39, 0.29) is 34.7 Å². The van der Waals surface area contributed by atoms with Gasteiger partial charge in [-0.2, -0.15) is 0 Å². The first-order valence-electron chi connectivity index (χ1n) is 11.3. The number of benzene rings is 1. The van der Waals surface area contributed by atoms with Crippen molar-refractivity contribution in [2.24, 2.45) is 17.3 Å². The molecule has 0 radical (unpaired) electrons. The molecule has 170 valence electrons. The summed E-state index contributed by atoms with van der Waals surface area (Å²) in [6, 6.07) is 7.45. The molecule has 5 heteroatoms. The number of halogens is 1. The van der Waals surface area contributed by atoms with Crippen molar-refractivity contribution in [3.05, 3.63) is 60.2 Å². The topological polar surface area (TPSA) is 66.8 Å². The Balaban J connectivity index is 1.57. The number of aliphatic hydroxyl groups is 2. The van der Waals surface area contributed by atoms with E-state index >= 15 is 0 Å². The SMILES string of the molecule is C=CCC1(C(O)CC=C[C@H]2C(O)CC(Cl)[C@@H]2CCc2ccc(C(=O)OC)cc2)CCC1. The number of aryl methyl sites for hydroxylation is 1. The Hall–Kier alpha value is -1.62. The predicted molar refractivity (Wildman–Crippen MR) is 124 cm³/mol. The predicted octanol–water partition coefficient (Wildman–Crippen LogP) is 5.06. The second-order valence-electron chi connectivity index (χ2n) is 9.18. The highest BCUT2D eigenvalue weighted by atomic mass is 35.5. The third-order valence-electron chi connectivity index (χ3n) is 7.34. The first-order valence-corrected chi connectivity index (χ1v) is 11.8. The van der Waals surface area contributed by atoms with Gasteiger partial charge in [0.1, 0.15) is 0 Å². The van der Waals surface area contributed by atoms with E-state index in [4.69, 9.17) is 16.3 Å². The van der Waals surface area contributed by atoms with Gasteiger partial charge in [-0.05, 0) is 68.6 Å². The van der Waals surface area contributed by atoms with Gasteiger partial charge in [0.25, 0.3) is 0 Å². The van der Waals surface area contributed by atoms with E-state index in [9.17, 15) is 15.0 Å². The zero-order chi connectivity index (χ0) is 22.4. The summed E-state index contributed by atoms with van der Waals surface area (Å²) in [4.78, 5) is 11.6. The van der Waals surface area contributed by atoms with Crippen LogP contribution in [-0.4, -0.2) is 40.9 Å². The van der Waals surface area contributed by atoms with Crippen LogP contribution in [0.5, 0.6) is 0 Å². The van der Waals surface area contributed by atoms with Crippen LogP contribution in [0.4, 0.5) is 0 Å². The standard InChI is InChI=1S/C26H35ClO4/c1-3-14-26(15-5-16-26)24(29)7-4-6-21-20(22(27)17-23(21)28)13-10-18-8-11-19(12-9-18)25(30)31-2/h3-4,6,8-9,11-12,20-24,28-29H,1,5,7,10,13-17H2,2H3/t20-,21-,22?,23?,24?/m1/s1. The van der Waals surface area contributed by atoms with Crippen molar-refractivity contribution >= 4 is 17.6 Å². The molecule has 0 spiro atoms. The van der Waals surface area contributed by atoms with Gasteiger partial charge in [0.2, 0.25) is 0 Å². The number of carbonyl (C=O) groups is 1. The maximum Gasteiger partial charge on any atom is 0.337 e. The van der Waals surface area contributed by atoms with Crippen LogP contribution < -0.4 is 0 Å². The minimum absolute atomic E-state index is 0.000729. The van der Waals surface area contributed by atoms with E-state index in [1.807, 2.05) is 24.3 Å². The second-order valence-corrected chi connectivity index (χ2v) is 9.74. The maximum absolute atomic E-state index is 11.6. The maximum atomic E-state index is 11.6. The molecule has 0 aliphatic heterocycles. The average molecular weight is 447 g/mol. The summed E-state index contributed by atoms with van der Waals surface area (Å²) in [6.07, 6.45) is 12.2. The van der Waals surface area contributed by atoms with Gasteiger partial charge in [-0.25, -0.2) is 4.79 Å². The molecule has 3 rings (SSSR count). The van der Waals surface area contributed by atoms with E-state index in [1.54, 1.807) is 12.1 Å². The Morgan fingerprint density at radius 1 is 1.35 bits per heavy atom. The molecule has 1 aromatic carbocycles. The molecule has 2 saturated carbocycles. The molecular formula is C26H35ClO4. The Labute approximate surface area is 191 Å². The number of hydrogen-bond donors (Lipinski definition) is 2. The van der Waals surface area contributed by atoms with Crippen molar-refractivity contribution in [2.75, 3.05) is 7.11 Å². The molecule has 4 nitrogen and oxygen atoms in total. The van der Waals surface area contributed by atoms with Crippen molar-refractivity contribution in [2.45, 2.75) is 69.0 Å². The second kappa shape index (κ2) is 10.8. The Morgan fingerprint density at radius 2 is 2.06 bits per heavy atom. The molecular weight excluding hydrogens is 412 g/mol. The van der Waals surface area contributed by atoms with Gasteiger partial charge < -0.3 is 14.9 Å². The number of carbonyl (C=O) groups excluding carboxylic acids is 1. The fourth-order valence-corrected chi connectivity index (χ4v) is 5.67. The highest BCUT2D eigenvalue weighted by molar-refractivity contribution is 6.21. The van der Waals surface area contributed by atoms with Crippen molar-refractivity contribution in [1.29, 1.82) is 0 Å². The molecule has 0 aromatic heterocycles. The summed E-state index contributed by atoms with van der Waals surface area (Å²) in [5.74, 6) is -0.160. The van der Waals surface area contributed by atoms with E-state index in [1.165, 1.54) is 13.5 Å². The van der Waals surface area contributed by atoms with Gasteiger partial charge in [0.15, 0.2) is 0 Å². The smallest absolute Gasteiger partial charge is 0.337 e. The van der Waals surface area contributed by atoms with Gasteiger partial charge in [-0.1, -0.05) is 36.8 Å². The van der Waals surface area contributed by atoms with Crippen molar-refractivity contribution in [3.63, 3.8) is 0 Å². The third-order valence-corrected chi connectivity index (χ3v) is 7.84. The number of esters is 1. The van der Waals surface area contributed by atoms with Crippen LogP contribution in [0, 0.1) is 17.3 Å². The summed E-state index contributed by atoms with van der Waals surface area (Å²) < 4.78 is 4.74. The van der Waals surface area contributed by atoms with Crippen LogP contribution in [0.3, 0.4) is 0 Å². The first-order chi connectivity index (χ1) is 14.9. The van der Waals surface area contributed by atoms with Crippen LogP contribution >= 0.6 is 11.6 Å². The number of alkyl halides is 1. The average Bonchev–Trinajstić information content (AvgIpc) is 3.01. The first kappa shape index (κ1) is 24.0. The minimum atomic E-state index is -0.451. The number of allylic oxidation sites excluding steroid dienone is 1. The number of methoxy groups -OCH3 is 1. The highest BCUT2D eigenvalue weighted by Gasteiger charge is 2.42. The van der Waals surface area contributed by atoms with E-state index in [2.05, 4.69) is 12.7 Å². The van der Waals surface area contributed by atoms with E-state index in [0.717, 1.165) is 37.7 Å². The lowest BCUT2D eigenvalue weighted by Crippen LogP contribution is -2.40. The molecule has 2 fully saturated rings. The summed E-state index contributed by atoms with van der Waals surface area (Å²) in [5.41, 5.74) is 1.66. The zero-order valence-corrected chi connectivity index (χ0v) is 19.1. The van der Waals surface area contributed by atoms with Gasteiger partial charge in [-0.3, -0.25) is 0 Å². The normalized spacial score (nSPS) is 28.3. The summed E-state index contributed by atoms with van der Waals surface area (Å²) in [6.45, 7) is 3.84. The molecule has 1 aromatic rings. The van der Waals surface area contributed by atoms with Crippen molar-refractivity contribution < 1.29 is 19.7 Å². The Morgan fingerprint density at radius 3 is 2.65 bits per heavy atom. The van der Waals surface area contributed by atoms with Crippen LogP contribution in [0.25, 0.3) is 0 Å². The van der Waals surface area contributed by atoms with Gasteiger partial charge in [0.05, 0.1) is 24.9 Å². The van der Waals surface area contributed by atoms with Gasteiger partial charge >= 0.3 is 5.97 Å². The van der Waals surface area contributed by atoms with E-state index in [0.29, 0.717) is 18.4 Å².